The van der Waals surface area contributed by atoms with E-state index in [9.17, 15) is 10.1 Å². The molecule has 7 heteroatoms. The van der Waals surface area contributed by atoms with Crippen LogP contribution >= 0.6 is 11.6 Å². The first-order valence-electron chi connectivity index (χ1n) is 4.88. The molecule has 92 valence electrons. The van der Waals surface area contributed by atoms with E-state index in [4.69, 9.17) is 25.8 Å². The predicted octanol–water partition coefficient (Wildman–Crippen LogP) is 2.03. The molecule has 6 nitrogen and oxygen atoms in total. The van der Waals surface area contributed by atoms with Gasteiger partial charge in [0.05, 0.1) is 16.6 Å². The van der Waals surface area contributed by atoms with Crippen molar-refractivity contribution in [2.75, 3.05) is 20.3 Å². The summed E-state index contributed by atoms with van der Waals surface area (Å²) >= 11 is 5.76. The molecule has 1 aliphatic heterocycles. The molecule has 1 atom stereocenters. The zero-order valence-corrected chi connectivity index (χ0v) is 9.77. The Morgan fingerprint density at radius 1 is 1.65 bits per heavy atom. The van der Waals surface area contributed by atoms with Gasteiger partial charge in [0.2, 0.25) is 5.75 Å². The summed E-state index contributed by atoms with van der Waals surface area (Å²) in [7, 11) is 1.52. The number of halogens is 1. The molecule has 1 aromatic carbocycles. The van der Waals surface area contributed by atoms with Crippen LogP contribution in [0.3, 0.4) is 0 Å². The van der Waals surface area contributed by atoms with Crippen LogP contribution in [-0.2, 0) is 4.74 Å². The number of ether oxygens (including phenoxy) is 3. The smallest absolute Gasteiger partial charge is 0.316 e. The maximum atomic E-state index is 10.9. The number of rotatable bonds is 3. The molecule has 0 saturated heterocycles. The second-order valence-corrected chi connectivity index (χ2v) is 3.95. The van der Waals surface area contributed by atoms with Gasteiger partial charge in [-0.05, 0) is 0 Å². The summed E-state index contributed by atoms with van der Waals surface area (Å²) < 4.78 is 15.8. The quantitative estimate of drug-likeness (QED) is 0.614. The second kappa shape index (κ2) is 4.77. The predicted molar refractivity (Wildman–Crippen MR) is 59.9 cm³/mol. The summed E-state index contributed by atoms with van der Waals surface area (Å²) in [6.07, 6.45) is -0.354. The number of nitro benzene ring substituents is 1. The highest BCUT2D eigenvalue weighted by molar-refractivity contribution is 6.31. The third-order valence-corrected chi connectivity index (χ3v) is 2.48. The van der Waals surface area contributed by atoms with Crippen LogP contribution < -0.4 is 9.47 Å². The average Bonchev–Trinajstić information content (AvgIpc) is 2.28. The normalized spacial score (nSPS) is 17.9. The third-order valence-electron chi connectivity index (χ3n) is 2.26. The van der Waals surface area contributed by atoms with Gasteiger partial charge in [-0.3, -0.25) is 10.1 Å². The molecule has 0 unspecified atom stereocenters. The zero-order chi connectivity index (χ0) is 12.4. The van der Waals surface area contributed by atoms with Gasteiger partial charge in [0.15, 0.2) is 11.9 Å². The van der Waals surface area contributed by atoms with Crippen molar-refractivity contribution in [3.05, 3.63) is 27.3 Å². The minimum Gasteiger partial charge on any atom is -0.485 e. The molecule has 0 aliphatic carbocycles. The first-order chi connectivity index (χ1) is 8.11. The Kier molecular flexibility index (Phi) is 3.35. The highest BCUT2D eigenvalue weighted by Crippen LogP contribution is 2.42. The van der Waals surface area contributed by atoms with Crippen molar-refractivity contribution >= 4 is 17.3 Å². The van der Waals surface area contributed by atoms with Gasteiger partial charge in [-0.25, -0.2) is 0 Å². The van der Waals surface area contributed by atoms with Gasteiger partial charge < -0.3 is 14.2 Å². The van der Waals surface area contributed by atoms with E-state index in [0.717, 1.165) is 0 Å². The number of fused-ring (bicyclic) bond motifs is 1. The van der Waals surface area contributed by atoms with Crippen molar-refractivity contribution in [3.8, 4) is 11.5 Å². The van der Waals surface area contributed by atoms with Gasteiger partial charge in [0, 0.05) is 19.2 Å². The maximum Gasteiger partial charge on any atom is 0.316 e. The van der Waals surface area contributed by atoms with Crippen LogP contribution in [0.15, 0.2) is 12.1 Å². The van der Waals surface area contributed by atoms with E-state index < -0.39 is 4.92 Å². The van der Waals surface area contributed by atoms with Crippen LogP contribution in [0.4, 0.5) is 5.69 Å². The molecule has 0 N–H and O–H groups in total. The molecule has 1 aromatic rings. The van der Waals surface area contributed by atoms with Gasteiger partial charge in [0.25, 0.3) is 0 Å². The molecule has 17 heavy (non-hydrogen) atoms. The lowest BCUT2D eigenvalue weighted by molar-refractivity contribution is -0.386. The fraction of sp³-hybridized carbons (Fsp3) is 0.400. The Balaban J connectivity index is 2.37. The Bertz CT molecular complexity index is 451. The maximum absolute atomic E-state index is 10.9. The second-order valence-electron chi connectivity index (χ2n) is 3.52. The van der Waals surface area contributed by atoms with E-state index in [1.54, 1.807) is 0 Å². The van der Waals surface area contributed by atoms with Crippen LogP contribution in [0.5, 0.6) is 11.5 Å². The molecule has 0 spiro atoms. The molecule has 2 rings (SSSR count). The van der Waals surface area contributed by atoms with Crippen molar-refractivity contribution in [2.24, 2.45) is 0 Å². The molecule has 1 heterocycles. The summed E-state index contributed by atoms with van der Waals surface area (Å²) in [6, 6.07) is 2.73. The molecular formula is C10H10ClNO5. The van der Waals surface area contributed by atoms with E-state index in [1.807, 2.05) is 0 Å². The van der Waals surface area contributed by atoms with Crippen LogP contribution in [0.25, 0.3) is 0 Å². The van der Waals surface area contributed by atoms with Crippen molar-refractivity contribution in [2.45, 2.75) is 6.10 Å². The SMILES string of the molecule is COC[C@@H]1COc2cc(Cl)cc([N+](=O)[O-])c2O1. The van der Waals surface area contributed by atoms with Crippen LogP contribution in [0.2, 0.25) is 5.02 Å². The van der Waals surface area contributed by atoms with Crippen molar-refractivity contribution in [3.63, 3.8) is 0 Å². The van der Waals surface area contributed by atoms with Gasteiger partial charge in [-0.2, -0.15) is 0 Å². The number of hydrogen-bond acceptors (Lipinski definition) is 5. The zero-order valence-electron chi connectivity index (χ0n) is 9.01. The van der Waals surface area contributed by atoms with Crippen LogP contribution in [0, 0.1) is 10.1 Å². The molecule has 0 saturated carbocycles. The van der Waals surface area contributed by atoms with Crippen LogP contribution in [0.1, 0.15) is 0 Å². The minimum atomic E-state index is -0.552. The molecular weight excluding hydrogens is 250 g/mol. The number of nitro groups is 1. The van der Waals surface area contributed by atoms with Crippen molar-refractivity contribution in [1.29, 1.82) is 0 Å². The third kappa shape index (κ3) is 2.42. The molecule has 0 bridgehead atoms. The van der Waals surface area contributed by atoms with Gasteiger partial charge in [0.1, 0.15) is 6.61 Å². The standard InChI is InChI=1S/C10H10ClNO5/c1-15-4-7-5-16-9-3-6(11)2-8(12(13)14)10(9)17-7/h2-3,7H,4-5H2,1H3/t7-/m1/s1. The van der Waals surface area contributed by atoms with Gasteiger partial charge in [-0.1, -0.05) is 11.6 Å². The first-order valence-corrected chi connectivity index (χ1v) is 5.26. The van der Waals surface area contributed by atoms with Gasteiger partial charge >= 0.3 is 5.69 Å². The van der Waals surface area contributed by atoms with Crippen LogP contribution in [-0.4, -0.2) is 31.4 Å². The largest absolute Gasteiger partial charge is 0.485 e. The number of methoxy groups -OCH3 is 1. The van der Waals surface area contributed by atoms with E-state index in [1.165, 1.54) is 19.2 Å². The Hall–Kier alpha value is -1.53. The summed E-state index contributed by atoms with van der Waals surface area (Å²) in [4.78, 5) is 10.3. The lowest BCUT2D eigenvalue weighted by Crippen LogP contribution is -2.33. The topological polar surface area (TPSA) is 70.8 Å². The minimum absolute atomic E-state index is 0.104. The molecule has 0 radical (unpaired) electrons. The van der Waals surface area contributed by atoms with Crippen molar-refractivity contribution < 1.29 is 19.1 Å². The van der Waals surface area contributed by atoms with Crippen molar-refractivity contribution in [1.82, 2.24) is 0 Å². The fourth-order valence-corrected chi connectivity index (χ4v) is 1.77. The summed E-state index contributed by atoms with van der Waals surface area (Å²) in [5.74, 6) is 0.393. The lowest BCUT2D eigenvalue weighted by atomic mass is 10.2. The summed E-state index contributed by atoms with van der Waals surface area (Å²) in [5, 5.41) is 11.1. The van der Waals surface area contributed by atoms with E-state index in [2.05, 4.69) is 0 Å². The lowest BCUT2D eigenvalue weighted by Gasteiger charge is -2.25. The monoisotopic (exact) mass is 259 g/mol. The molecule has 0 aromatic heterocycles. The number of hydrogen-bond donors (Lipinski definition) is 0. The van der Waals surface area contributed by atoms with E-state index in [0.29, 0.717) is 6.61 Å². The van der Waals surface area contributed by atoms with E-state index in [-0.39, 0.29) is 34.9 Å². The molecule has 0 fully saturated rings. The molecule has 0 amide bonds. The summed E-state index contributed by atoms with van der Waals surface area (Å²) in [6.45, 7) is 0.581. The number of nitrogens with zero attached hydrogens (tertiary/aromatic N) is 1. The van der Waals surface area contributed by atoms with Gasteiger partial charge in [-0.15, -0.1) is 0 Å². The average molecular weight is 260 g/mol. The number of benzene rings is 1. The molecule has 1 aliphatic rings. The Morgan fingerprint density at radius 2 is 2.41 bits per heavy atom. The summed E-state index contributed by atoms with van der Waals surface area (Å²) in [5.41, 5.74) is -0.201. The Morgan fingerprint density at radius 3 is 3.06 bits per heavy atom. The first kappa shape index (κ1) is 11.9. The fourth-order valence-electron chi connectivity index (χ4n) is 1.57. The van der Waals surface area contributed by atoms with E-state index >= 15 is 0 Å². The highest BCUT2D eigenvalue weighted by Gasteiger charge is 2.29. The Labute approximate surface area is 102 Å². The highest BCUT2D eigenvalue weighted by atomic mass is 35.5.